The van der Waals surface area contributed by atoms with Gasteiger partial charge in [-0.15, -0.1) is 0 Å². The Labute approximate surface area is 116 Å². The molecule has 1 aromatic heterocycles. The molecule has 0 radical (unpaired) electrons. The minimum atomic E-state index is 0.353. The molecule has 5 nitrogen and oxygen atoms in total. The van der Waals surface area contributed by atoms with Crippen LogP contribution in [0.25, 0.3) is 0 Å². The van der Waals surface area contributed by atoms with Crippen molar-refractivity contribution in [3.05, 3.63) is 41.3 Å². The summed E-state index contributed by atoms with van der Waals surface area (Å²) in [4.78, 5) is 8.06. The molecule has 0 saturated carbocycles. The molecule has 0 aliphatic carbocycles. The van der Waals surface area contributed by atoms with Gasteiger partial charge in [-0.3, -0.25) is 4.98 Å². The van der Waals surface area contributed by atoms with Gasteiger partial charge in [0.2, 0.25) is 0 Å². The largest absolute Gasteiger partial charge is 0.497 e. The molecule has 19 heavy (non-hydrogen) atoms. The van der Waals surface area contributed by atoms with Crippen molar-refractivity contribution in [1.29, 1.82) is 0 Å². The third-order valence-corrected chi connectivity index (χ3v) is 2.74. The van der Waals surface area contributed by atoms with E-state index in [1.165, 1.54) is 6.20 Å². The van der Waals surface area contributed by atoms with E-state index >= 15 is 0 Å². The van der Waals surface area contributed by atoms with E-state index in [1.54, 1.807) is 20.4 Å². The van der Waals surface area contributed by atoms with E-state index in [0.717, 1.165) is 17.1 Å². The molecular formula is C13H14ClN3O2. The Morgan fingerprint density at radius 3 is 2.74 bits per heavy atom. The molecule has 1 aromatic carbocycles. The van der Waals surface area contributed by atoms with Crippen LogP contribution < -0.4 is 14.8 Å². The van der Waals surface area contributed by atoms with Crippen molar-refractivity contribution in [3.63, 3.8) is 0 Å². The molecule has 0 saturated heterocycles. The number of anilines is 1. The zero-order valence-corrected chi connectivity index (χ0v) is 11.4. The van der Waals surface area contributed by atoms with Crippen LogP contribution >= 0.6 is 11.6 Å². The zero-order valence-electron chi connectivity index (χ0n) is 10.7. The van der Waals surface area contributed by atoms with Gasteiger partial charge in [-0.25, -0.2) is 4.98 Å². The fourth-order valence-corrected chi connectivity index (χ4v) is 1.76. The van der Waals surface area contributed by atoms with Crippen molar-refractivity contribution < 1.29 is 9.47 Å². The lowest BCUT2D eigenvalue weighted by atomic mass is 10.2. The van der Waals surface area contributed by atoms with Crippen LogP contribution in [0.5, 0.6) is 11.5 Å². The SMILES string of the molecule is COc1ccc(CNc2cncc(Cl)n2)c(OC)c1. The molecule has 0 aliphatic heterocycles. The van der Waals surface area contributed by atoms with Crippen molar-refractivity contribution in [3.8, 4) is 11.5 Å². The average Bonchev–Trinajstić information content (AvgIpc) is 2.45. The first-order valence-electron chi connectivity index (χ1n) is 5.65. The van der Waals surface area contributed by atoms with Crippen molar-refractivity contribution in [1.82, 2.24) is 9.97 Å². The number of hydrogen-bond donors (Lipinski definition) is 1. The summed E-state index contributed by atoms with van der Waals surface area (Å²) >= 11 is 5.77. The Bertz CT molecular complexity index is 563. The van der Waals surface area contributed by atoms with E-state index in [1.807, 2.05) is 18.2 Å². The van der Waals surface area contributed by atoms with Crippen LogP contribution in [0.2, 0.25) is 5.15 Å². The molecule has 0 amide bonds. The standard InChI is InChI=1S/C13H14ClN3O2/c1-18-10-4-3-9(11(5-10)19-2)6-16-13-8-15-7-12(14)17-13/h3-5,7-8H,6H2,1-2H3,(H,16,17). The second kappa shape index (κ2) is 6.24. The van der Waals surface area contributed by atoms with Gasteiger partial charge < -0.3 is 14.8 Å². The highest BCUT2D eigenvalue weighted by Crippen LogP contribution is 2.25. The van der Waals surface area contributed by atoms with Gasteiger partial charge in [0, 0.05) is 18.2 Å². The fraction of sp³-hybridized carbons (Fsp3) is 0.231. The number of methoxy groups -OCH3 is 2. The summed E-state index contributed by atoms with van der Waals surface area (Å²) in [7, 11) is 3.24. The number of benzene rings is 1. The van der Waals surface area contributed by atoms with Gasteiger partial charge in [0.15, 0.2) is 0 Å². The third kappa shape index (κ3) is 3.48. The first kappa shape index (κ1) is 13.4. The van der Waals surface area contributed by atoms with Crippen LogP contribution in [0.15, 0.2) is 30.6 Å². The predicted molar refractivity (Wildman–Crippen MR) is 73.9 cm³/mol. The van der Waals surface area contributed by atoms with E-state index in [2.05, 4.69) is 15.3 Å². The molecule has 2 aromatic rings. The number of nitrogens with one attached hydrogen (secondary N) is 1. The third-order valence-electron chi connectivity index (χ3n) is 2.56. The molecule has 0 fully saturated rings. The zero-order chi connectivity index (χ0) is 13.7. The Morgan fingerprint density at radius 2 is 2.05 bits per heavy atom. The summed E-state index contributed by atoms with van der Waals surface area (Å²) in [6.45, 7) is 0.558. The summed E-state index contributed by atoms with van der Waals surface area (Å²) in [5, 5.41) is 3.49. The molecule has 0 unspecified atom stereocenters. The lowest BCUT2D eigenvalue weighted by molar-refractivity contribution is 0.391. The predicted octanol–water partition coefficient (Wildman–Crippen LogP) is 2.76. The van der Waals surface area contributed by atoms with Crippen LogP contribution in [-0.2, 0) is 6.54 Å². The lowest BCUT2D eigenvalue weighted by Crippen LogP contribution is -2.03. The normalized spacial score (nSPS) is 10.1. The van der Waals surface area contributed by atoms with Crippen LogP contribution in [0.3, 0.4) is 0 Å². The van der Waals surface area contributed by atoms with Crippen LogP contribution in [-0.4, -0.2) is 24.2 Å². The van der Waals surface area contributed by atoms with Crippen molar-refractivity contribution in [2.75, 3.05) is 19.5 Å². The van der Waals surface area contributed by atoms with Gasteiger partial charge in [0.25, 0.3) is 0 Å². The van der Waals surface area contributed by atoms with Crippen molar-refractivity contribution in [2.24, 2.45) is 0 Å². The smallest absolute Gasteiger partial charge is 0.149 e. The number of rotatable bonds is 5. The minimum absolute atomic E-state index is 0.353. The Hall–Kier alpha value is -2.01. The van der Waals surface area contributed by atoms with E-state index in [0.29, 0.717) is 17.5 Å². The number of ether oxygens (including phenoxy) is 2. The second-order valence-corrected chi connectivity index (χ2v) is 4.15. The molecule has 100 valence electrons. The summed E-state index contributed by atoms with van der Waals surface area (Å²) in [6, 6.07) is 5.65. The molecule has 0 bridgehead atoms. The number of nitrogens with zero attached hydrogens (tertiary/aromatic N) is 2. The molecule has 0 aliphatic rings. The maximum atomic E-state index is 5.77. The molecule has 0 atom stereocenters. The van der Waals surface area contributed by atoms with Gasteiger partial charge >= 0.3 is 0 Å². The van der Waals surface area contributed by atoms with E-state index < -0.39 is 0 Å². The first-order chi connectivity index (χ1) is 9.22. The molecule has 1 heterocycles. The van der Waals surface area contributed by atoms with Crippen molar-refractivity contribution in [2.45, 2.75) is 6.54 Å². The molecule has 6 heteroatoms. The summed E-state index contributed by atoms with van der Waals surface area (Å²) < 4.78 is 10.5. The van der Waals surface area contributed by atoms with Gasteiger partial charge in [0.05, 0.1) is 26.6 Å². The number of aromatic nitrogens is 2. The summed E-state index contributed by atoms with van der Waals surface area (Å²) in [6.07, 6.45) is 3.10. The highest BCUT2D eigenvalue weighted by Gasteiger charge is 2.05. The molecule has 2 rings (SSSR count). The van der Waals surface area contributed by atoms with Crippen LogP contribution in [0.4, 0.5) is 5.82 Å². The average molecular weight is 280 g/mol. The van der Waals surface area contributed by atoms with E-state index in [-0.39, 0.29) is 0 Å². The Morgan fingerprint density at radius 1 is 1.21 bits per heavy atom. The highest BCUT2D eigenvalue weighted by molar-refractivity contribution is 6.29. The van der Waals surface area contributed by atoms with Gasteiger partial charge in [-0.05, 0) is 12.1 Å². The monoisotopic (exact) mass is 279 g/mol. The maximum Gasteiger partial charge on any atom is 0.149 e. The van der Waals surface area contributed by atoms with Crippen molar-refractivity contribution >= 4 is 17.4 Å². The minimum Gasteiger partial charge on any atom is -0.497 e. The highest BCUT2D eigenvalue weighted by atomic mass is 35.5. The molecule has 0 spiro atoms. The lowest BCUT2D eigenvalue weighted by Gasteiger charge is -2.11. The quantitative estimate of drug-likeness (QED) is 0.912. The van der Waals surface area contributed by atoms with Gasteiger partial charge in [-0.1, -0.05) is 11.6 Å². The topological polar surface area (TPSA) is 56.3 Å². The summed E-state index contributed by atoms with van der Waals surface area (Å²) in [5.41, 5.74) is 0.991. The number of hydrogen-bond acceptors (Lipinski definition) is 5. The van der Waals surface area contributed by atoms with Crippen LogP contribution in [0.1, 0.15) is 5.56 Å². The molecular weight excluding hydrogens is 266 g/mol. The van der Waals surface area contributed by atoms with E-state index in [4.69, 9.17) is 21.1 Å². The summed E-state index contributed by atoms with van der Waals surface area (Å²) in [5.74, 6) is 2.12. The fourth-order valence-electron chi connectivity index (χ4n) is 1.61. The van der Waals surface area contributed by atoms with Gasteiger partial charge in [-0.2, -0.15) is 0 Å². The van der Waals surface area contributed by atoms with E-state index in [9.17, 15) is 0 Å². The van der Waals surface area contributed by atoms with Crippen LogP contribution in [0, 0.1) is 0 Å². The maximum absolute atomic E-state index is 5.77. The van der Waals surface area contributed by atoms with Gasteiger partial charge in [0.1, 0.15) is 22.5 Å². The number of halogens is 1. The second-order valence-electron chi connectivity index (χ2n) is 3.76. The Balaban J connectivity index is 2.11. The molecule has 1 N–H and O–H groups in total. The first-order valence-corrected chi connectivity index (χ1v) is 6.03. The Kier molecular flexibility index (Phi) is 4.41.